The van der Waals surface area contributed by atoms with Crippen molar-refractivity contribution in [2.24, 2.45) is 0 Å². The van der Waals surface area contributed by atoms with Crippen molar-refractivity contribution in [2.45, 2.75) is 43.6 Å². The molecule has 0 amide bonds. The van der Waals surface area contributed by atoms with Crippen LogP contribution in [0.5, 0.6) is 0 Å². The quantitative estimate of drug-likeness (QED) is 0.308. The summed E-state index contributed by atoms with van der Waals surface area (Å²) in [6, 6.07) is -1.32. The van der Waals surface area contributed by atoms with Crippen molar-refractivity contribution < 1.29 is 35.1 Å². The third kappa shape index (κ3) is 3.12. The number of carboxylic acids is 1. The highest BCUT2D eigenvalue weighted by Gasteiger charge is 2.42. The third-order valence-corrected chi connectivity index (χ3v) is 2.70. The molecule has 0 radical (unpaired) electrons. The Bertz CT molecular complexity index is 274. The Kier molecular flexibility index (Phi) is 4.80. The molecule has 1 aliphatic rings. The molecule has 8 nitrogen and oxygen atoms in total. The molecule has 1 heterocycles. The lowest BCUT2D eigenvalue weighted by molar-refractivity contribution is -0.227. The maximum absolute atomic E-state index is 10.7. The van der Waals surface area contributed by atoms with Crippen LogP contribution in [0.2, 0.25) is 0 Å². The number of hydrogen-bond acceptors (Lipinski definition) is 7. The van der Waals surface area contributed by atoms with Crippen LogP contribution in [0.25, 0.3) is 0 Å². The molecule has 1 aliphatic heterocycles. The third-order valence-electron chi connectivity index (χ3n) is 2.70. The summed E-state index contributed by atoms with van der Waals surface area (Å²) < 4.78 is 5.12. The monoisotopic (exact) mass is 251 g/mol. The van der Waals surface area contributed by atoms with Gasteiger partial charge in [0, 0.05) is 0 Å². The van der Waals surface area contributed by atoms with Crippen LogP contribution in [-0.4, -0.2) is 74.8 Å². The fraction of sp³-hybridized carbons (Fsp3) is 0.889. The smallest absolute Gasteiger partial charge is 0.323 e. The molecule has 0 saturated carbocycles. The molecule has 6 N–H and O–H groups in total. The van der Waals surface area contributed by atoms with Crippen LogP contribution < -0.4 is 5.32 Å². The topological polar surface area (TPSA) is 139 Å². The van der Waals surface area contributed by atoms with Crippen molar-refractivity contribution in [2.75, 3.05) is 6.61 Å². The van der Waals surface area contributed by atoms with Crippen molar-refractivity contribution in [1.82, 2.24) is 5.32 Å². The largest absolute Gasteiger partial charge is 0.480 e. The summed E-state index contributed by atoms with van der Waals surface area (Å²) in [7, 11) is 0. The molecule has 0 spiro atoms. The number of aliphatic hydroxyl groups is 4. The van der Waals surface area contributed by atoms with Gasteiger partial charge in [-0.25, -0.2) is 0 Å². The number of carbonyl (C=O) groups is 1. The predicted octanol–water partition coefficient (Wildman–Crippen LogP) is -3.15. The minimum Gasteiger partial charge on any atom is -0.480 e. The van der Waals surface area contributed by atoms with Gasteiger partial charge in [-0.15, -0.1) is 0 Å². The molecular formula is C9H17NO7. The zero-order valence-corrected chi connectivity index (χ0v) is 9.22. The molecule has 0 aromatic heterocycles. The summed E-state index contributed by atoms with van der Waals surface area (Å²) in [4.78, 5) is 10.7. The normalized spacial score (nSPS) is 39.9. The van der Waals surface area contributed by atoms with Crippen molar-refractivity contribution in [3.05, 3.63) is 0 Å². The summed E-state index contributed by atoms with van der Waals surface area (Å²) in [6.45, 7) is 0.790. The van der Waals surface area contributed by atoms with E-state index < -0.39 is 49.3 Å². The SMILES string of the molecule is C[C@H]1OC(N[C@@H](CO)C(=O)O)[C@H](O)[C@@H](O)[C@H]1O. The lowest BCUT2D eigenvalue weighted by Gasteiger charge is -2.40. The molecule has 0 bridgehead atoms. The molecule has 1 fully saturated rings. The highest BCUT2D eigenvalue weighted by atomic mass is 16.5. The Balaban J connectivity index is 2.67. The van der Waals surface area contributed by atoms with Crippen molar-refractivity contribution in [1.29, 1.82) is 0 Å². The van der Waals surface area contributed by atoms with Crippen LogP contribution in [0.4, 0.5) is 0 Å². The second-order valence-corrected chi connectivity index (χ2v) is 3.97. The summed E-state index contributed by atoms with van der Waals surface area (Å²) in [5.74, 6) is -1.31. The lowest BCUT2D eigenvalue weighted by atomic mass is 9.99. The minimum atomic E-state index is -1.48. The average molecular weight is 251 g/mol. The van der Waals surface area contributed by atoms with E-state index in [1.807, 2.05) is 0 Å². The second kappa shape index (κ2) is 5.71. The van der Waals surface area contributed by atoms with Crippen LogP contribution in [0.3, 0.4) is 0 Å². The summed E-state index contributed by atoms with van der Waals surface area (Å²) in [5, 5.41) is 48.3. The van der Waals surface area contributed by atoms with Crippen LogP contribution in [0, 0.1) is 0 Å². The molecule has 1 saturated heterocycles. The Morgan fingerprint density at radius 1 is 1.29 bits per heavy atom. The van der Waals surface area contributed by atoms with E-state index in [4.69, 9.17) is 14.9 Å². The second-order valence-electron chi connectivity index (χ2n) is 3.97. The molecule has 0 aromatic rings. The van der Waals surface area contributed by atoms with Gasteiger partial charge in [-0.2, -0.15) is 0 Å². The summed E-state index contributed by atoms with van der Waals surface area (Å²) >= 11 is 0. The first-order chi connectivity index (χ1) is 7.88. The van der Waals surface area contributed by atoms with Gasteiger partial charge in [-0.1, -0.05) is 0 Å². The Labute approximate surface area is 97.4 Å². The van der Waals surface area contributed by atoms with E-state index in [2.05, 4.69) is 5.32 Å². The van der Waals surface area contributed by atoms with Gasteiger partial charge in [0.15, 0.2) is 0 Å². The Morgan fingerprint density at radius 2 is 1.88 bits per heavy atom. The van der Waals surface area contributed by atoms with Crippen LogP contribution in [0.15, 0.2) is 0 Å². The van der Waals surface area contributed by atoms with E-state index in [1.165, 1.54) is 6.92 Å². The first kappa shape index (κ1) is 14.3. The number of aliphatic hydroxyl groups excluding tert-OH is 4. The summed E-state index contributed by atoms with van der Waals surface area (Å²) in [5.41, 5.74) is 0. The van der Waals surface area contributed by atoms with Gasteiger partial charge in [0.05, 0.1) is 12.7 Å². The molecule has 1 rings (SSSR count). The number of aliphatic carboxylic acids is 1. The van der Waals surface area contributed by atoms with Gasteiger partial charge in [-0.3, -0.25) is 10.1 Å². The average Bonchev–Trinajstić information content (AvgIpc) is 2.29. The molecule has 0 aliphatic carbocycles. The number of nitrogens with one attached hydrogen (secondary N) is 1. The number of hydrogen-bond donors (Lipinski definition) is 6. The molecule has 8 heteroatoms. The molecule has 0 aromatic carbocycles. The standard InChI is InChI=1S/C9H17NO7/c1-3-5(12)6(13)7(14)8(17-3)10-4(2-11)9(15)16/h3-8,10-14H,2H2,1H3,(H,15,16)/t3-,4+,5+,6+,7-,8?/m1/s1. The highest BCUT2D eigenvalue weighted by molar-refractivity contribution is 5.73. The number of rotatable bonds is 4. The summed E-state index contributed by atoms with van der Waals surface area (Å²) in [6.07, 6.45) is -6.10. The van der Waals surface area contributed by atoms with Crippen LogP contribution in [0.1, 0.15) is 6.92 Å². The fourth-order valence-electron chi connectivity index (χ4n) is 1.59. The zero-order chi connectivity index (χ0) is 13.2. The minimum absolute atomic E-state index is 0.686. The van der Waals surface area contributed by atoms with E-state index in [-0.39, 0.29) is 0 Å². The van der Waals surface area contributed by atoms with E-state index in [9.17, 15) is 20.1 Å². The first-order valence-corrected chi connectivity index (χ1v) is 5.17. The maximum atomic E-state index is 10.7. The lowest BCUT2D eigenvalue weighted by Crippen LogP contribution is -2.63. The van der Waals surface area contributed by atoms with Crippen molar-refractivity contribution >= 4 is 5.97 Å². The van der Waals surface area contributed by atoms with Gasteiger partial charge in [0.1, 0.15) is 30.6 Å². The highest BCUT2D eigenvalue weighted by Crippen LogP contribution is 2.19. The fourth-order valence-corrected chi connectivity index (χ4v) is 1.59. The van der Waals surface area contributed by atoms with Gasteiger partial charge < -0.3 is 30.3 Å². The Morgan fingerprint density at radius 3 is 2.35 bits per heavy atom. The van der Waals surface area contributed by atoms with E-state index in [0.29, 0.717) is 0 Å². The van der Waals surface area contributed by atoms with Gasteiger partial charge in [-0.05, 0) is 6.92 Å². The molecule has 6 atom stereocenters. The van der Waals surface area contributed by atoms with Gasteiger partial charge in [0.2, 0.25) is 0 Å². The van der Waals surface area contributed by atoms with Gasteiger partial charge >= 0.3 is 5.97 Å². The Hall–Kier alpha value is -0.770. The van der Waals surface area contributed by atoms with Crippen LogP contribution in [-0.2, 0) is 9.53 Å². The van der Waals surface area contributed by atoms with Crippen molar-refractivity contribution in [3.63, 3.8) is 0 Å². The van der Waals surface area contributed by atoms with Gasteiger partial charge in [0.25, 0.3) is 0 Å². The van der Waals surface area contributed by atoms with E-state index in [0.717, 1.165) is 0 Å². The van der Waals surface area contributed by atoms with Crippen molar-refractivity contribution in [3.8, 4) is 0 Å². The van der Waals surface area contributed by atoms with E-state index >= 15 is 0 Å². The molecule has 17 heavy (non-hydrogen) atoms. The molecule has 100 valence electrons. The zero-order valence-electron chi connectivity index (χ0n) is 9.22. The first-order valence-electron chi connectivity index (χ1n) is 5.17. The molecular weight excluding hydrogens is 234 g/mol. The number of carboxylic acid groups (broad SMARTS) is 1. The molecule has 1 unspecified atom stereocenters. The van der Waals surface area contributed by atoms with Crippen LogP contribution >= 0.6 is 0 Å². The maximum Gasteiger partial charge on any atom is 0.323 e. The number of ether oxygens (including phenoxy) is 1. The predicted molar refractivity (Wildman–Crippen MR) is 54.0 cm³/mol. The van der Waals surface area contributed by atoms with E-state index in [1.54, 1.807) is 0 Å².